The Bertz CT molecular complexity index is 89.0. The smallest absolute Gasteiger partial charge is 0.00361 e. The first-order valence-corrected chi connectivity index (χ1v) is 5.44. The Labute approximate surface area is 77.7 Å². The molecule has 0 rings (SSSR count). The van der Waals surface area contributed by atoms with Gasteiger partial charge in [-0.05, 0) is 19.3 Å². The molecule has 1 nitrogen and oxygen atoms in total. The van der Waals surface area contributed by atoms with E-state index in [9.17, 15) is 0 Å². The molecule has 0 radical (unpaired) electrons. The average molecular weight is 171 g/mol. The molecule has 0 saturated heterocycles. The zero-order chi connectivity index (χ0) is 9.40. The van der Waals surface area contributed by atoms with Gasteiger partial charge in [0, 0.05) is 6.04 Å². The van der Waals surface area contributed by atoms with Crippen LogP contribution >= 0.6 is 0 Å². The normalized spacial score (nSPS) is 16.0. The van der Waals surface area contributed by atoms with Gasteiger partial charge in [0.15, 0.2) is 0 Å². The third-order valence-electron chi connectivity index (χ3n) is 2.66. The summed E-state index contributed by atoms with van der Waals surface area (Å²) in [6.07, 6.45) is 8.20. The van der Waals surface area contributed by atoms with Crippen LogP contribution in [0.25, 0.3) is 0 Å². The fourth-order valence-electron chi connectivity index (χ4n) is 1.33. The van der Waals surface area contributed by atoms with Gasteiger partial charge >= 0.3 is 0 Å². The molecule has 0 amide bonds. The molecule has 1 heteroatoms. The van der Waals surface area contributed by atoms with Crippen LogP contribution in [0.15, 0.2) is 0 Å². The van der Waals surface area contributed by atoms with E-state index >= 15 is 0 Å². The molecule has 12 heavy (non-hydrogen) atoms. The van der Waals surface area contributed by atoms with Crippen LogP contribution in [-0.4, -0.2) is 6.04 Å². The first-order chi connectivity index (χ1) is 5.68. The van der Waals surface area contributed by atoms with Crippen molar-refractivity contribution in [3.63, 3.8) is 0 Å². The predicted molar refractivity (Wildman–Crippen MR) is 56.2 cm³/mol. The maximum Gasteiger partial charge on any atom is 0.00361 e. The van der Waals surface area contributed by atoms with Gasteiger partial charge in [-0.25, -0.2) is 0 Å². The molecule has 0 spiro atoms. The highest BCUT2D eigenvalue weighted by Gasteiger charge is 2.05. The Hall–Kier alpha value is -0.0400. The quantitative estimate of drug-likeness (QED) is 0.584. The van der Waals surface area contributed by atoms with Crippen molar-refractivity contribution in [2.24, 2.45) is 11.7 Å². The van der Waals surface area contributed by atoms with Gasteiger partial charge in [0.05, 0.1) is 0 Å². The van der Waals surface area contributed by atoms with E-state index in [0.29, 0.717) is 12.0 Å². The van der Waals surface area contributed by atoms with Crippen molar-refractivity contribution in [1.82, 2.24) is 0 Å². The van der Waals surface area contributed by atoms with Crippen LogP contribution in [-0.2, 0) is 0 Å². The minimum Gasteiger partial charge on any atom is -0.328 e. The highest BCUT2D eigenvalue weighted by atomic mass is 14.6. The Balaban J connectivity index is 3.08. The average Bonchev–Trinajstić information content (AvgIpc) is 2.03. The lowest BCUT2D eigenvalue weighted by Crippen LogP contribution is -2.23. The number of hydrogen-bond donors (Lipinski definition) is 1. The summed E-state index contributed by atoms with van der Waals surface area (Å²) in [6, 6.07) is 0.371. The predicted octanol–water partition coefficient (Wildman–Crippen LogP) is 3.33. The van der Waals surface area contributed by atoms with E-state index in [1.807, 2.05) is 0 Å². The number of nitrogens with two attached hydrogens (primary N) is 1. The van der Waals surface area contributed by atoms with Gasteiger partial charge in [0.2, 0.25) is 0 Å². The van der Waals surface area contributed by atoms with Crippen LogP contribution < -0.4 is 5.73 Å². The summed E-state index contributed by atoms with van der Waals surface area (Å²) in [5.74, 6) is 0.701. The summed E-state index contributed by atoms with van der Waals surface area (Å²) in [7, 11) is 0. The Morgan fingerprint density at radius 1 is 1.00 bits per heavy atom. The van der Waals surface area contributed by atoms with Gasteiger partial charge in [-0.2, -0.15) is 0 Å². The van der Waals surface area contributed by atoms with E-state index < -0.39 is 0 Å². The first-order valence-electron chi connectivity index (χ1n) is 5.44. The number of hydrogen-bond acceptors (Lipinski definition) is 1. The zero-order valence-electron chi connectivity index (χ0n) is 8.97. The molecule has 0 aliphatic rings. The third-order valence-corrected chi connectivity index (χ3v) is 2.66. The second kappa shape index (κ2) is 7.60. The van der Waals surface area contributed by atoms with Crippen LogP contribution in [0.2, 0.25) is 0 Å². The Kier molecular flexibility index (Phi) is 7.58. The number of unbranched alkanes of at least 4 members (excludes halogenated alkanes) is 4. The second-order valence-electron chi connectivity index (χ2n) is 4.04. The lowest BCUT2D eigenvalue weighted by atomic mass is 9.97. The van der Waals surface area contributed by atoms with Crippen LogP contribution in [0.1, 0.15) is 59.3 Å². The summed E-state index contributed by atoms with van der Waals surface area (Å²) in [5, 5.41) is 0. The van der Waals surface area contributed by atoms with Crippen LogP contribution in [0, 0.1) is 5.92 Å². The van der Waals surface area contributed by atoms with Gasteiger partial charge < -0.3 is 5.73 Å². The van der Waals surface area contributed by atoms with E-state index in [1.165, 1.54) is 38.5 Å². The maximum absolute atomic E-state index is 5.78. The lowest BCUT2D eigenvalue weighted by Gasteiger charge is -2.14. The molecular weight excluding hydrogens is 146 g/mol. The summed E-state index contributed by atoms with van der Waals surface area (Å²) in [5.41, 5.74) is 5.78. The van der Waals surface area contributed by atoms with Gasteiger partial charge in [-0.1, -0.05) is 46.0 Å². The van der Waals surface area contributed by atoms with Crippen molar-refractivity contribution in [2.45, 2.75) is 65.3 Å². The molecule has 0 bridgehead atoms. The Morgan fingerprint density at radius 3 is 2.08 bits per heavy atom. The van der Waals surface area contributed by atoms with Crippen LogP contribution in [0.3, 0.4) is 0 Å². The van der Waals surface area contributed by atoms with Gasteiger partial charge in [-0.3, -0.25) is 0 Å². The largest absolute Gasteiger partial charge is 0.328 e. The molecule has 0 aliphatic carbocycles. The highest BCUT2D eigenvalue weighted by Crippen LogP contribution is 2.12. The Morgan fingerprint density at radius 2 is 1.58 bits per heavy atom. The van der Waals surface area contributed by atoms with Crippen molar-refractivity contribution >= 4 is 0 Å². The molecule has 2 atom stereocenters. The van der Waals surface area contributed by atoms with Crippen molar-refractivity contribution in [3.8, 4) is 0 Å². The van der Waals surface area contributed by atoms with E-state index in [-0.39, 0.29) is 0 Å². The minimum atomic E-state index is 0.371. The molecule has 0 aromatic carbocycles. The molecule has 0 heterocycles. The third kappa shape index (κ3) is 6.66. The molecule has 0 aromatic rings. The van der Waals surface area contributed by atoms with E-state index in [2.05, 4.69) is 20.8 Å². The van der Waals surface area contributed by atoms with E-state index in [4.69, 9.17) is 5.73 Å². The number of rotatable bonds is 7. The molecule has 0 aliphatic heterocycles. The molecule has 74 valence electrons. The first kappa shape index (κ1) is 12.0. The fourth-order valence-corrected chi connectivity index (χ4v) is 1.33. The zero-order valence-corrected chi connectivity index (χ0v) is 8.97. The fraction of sp³-hybridized carbons (Fsp3) is 1.00. The van der Waals surface area contributed by atoms with Crippen molar-refractivity contribution in [1.29, 1.82) is 0 Å². The standard InChI is InChI=1S/C11H25N/c1-4-5-6-7-8-9-10(2)11(3)12/h10-11H,4-9,12H2,1-3H3/t10?,11-/m1/s1. The molecule has 1 unspecified atom stereocenters. The monoisotopic (exact) mass is 171 g/mol. The van der Waals surface area contributed by atoms with Crippen molar-refractivity contribution in [2.75, 3.05) is 0 Å². The maximum atomic E-state index is 5.78. The lowest BCUT2D eigenvalue weighted by molar-refractivity contribution is 0.425. The van der Waals surface area contributed by atoms with Crippen LogP contribution in [0.5, 0.6) is 0 Å². The summed E-state index contributed by atoms with van der Waals surface area (Å²) in [6.45, 7) is 6.62. The second-order valence-corrected chi connectivity index (χ2v) is 4.04. The van der Waals surface area contributed by atoms with E-state index in [1.54, 1.807) is 0 Å². The van der Waals surface area contributed by atoms with Gasteiger partial charge in [-0.15, -0.1) is 0 Å². The van der Waals surface area contributed by atoms with Gasteiger partial charge in [0.25, 0.3) is 0 Å². The summed E-state index contributed by atoms with van der Waals surface area (Å²) >= 11 is 0. The summed E-state index contributed by atoms with van der Waals surface area (Å²) < 4.78 is 0. The van der Waals surface area contributed by atoms with Gasteiger partial charge in [0.1, 0.15) is 0 Å². The van der Waals surface area contributed by atoms with E-state index in [0.717, 1.165) is 0 Å². The molecular formula is C11H25N. The molecule has 0 fully saturated rings. The SMILES string of the molecule is CCCCCCCC(C)[C@@H](C)N. The van der Waals surface area contributed by atoms with Crippen LogP contribution in [0.4, 0.5) is 0 Å². The van der Waals surface area contributed by atoms with Crippen molar-refractivity contribution < 1.29 is 0 Å². The highest BCUT2D eigenvalue weighted by molar-refractivity contribution is 4.63. The summed E-state index contributed by atoms with van der Waals surface area (Å²) in [4.78, 5) is 0. The van der Waals surface area contributed by atoms with Crippen molar-refractivity contribution in [3.05, 3.63) is 0 Å². The topological polar surface area (TPSA) is 26.0 Å². The molecule has 0 saturated carbocycles. The molecule has 0 aromatic heterocycles. The molecule has 2 N–H and O–H groups in total. The minimum absolute atomic E-state index is 0.371.